The topological polar surface area (TPSA) is 12.0 Å². The molecule has 1 nitrogen and oxygen atoms in total. The zero-order valence-electron chi connectivity index (χ0n) is 8.61. The van der Waals surface area contributed by atoms with E-state index in [1.54, 1.807) is 6.07 Å². The Morgan fingerprint density at radius 2 is 2.13 bits per heavy atom. The number of rotatable bonds is 4. The Kier molecular flexibility index (Phi) is 5.57. The minimum atomic E-state index is 0.667. The summed E-state index contributed by atoms with van der Waals surface area (Å²) < 4.78 is 0. The molecule has 0 spiro atoms. The summed E-state index contributed by atoms with van der Waals surface area (Å²) in [5, 5.41) is 4.64. The number of halogens is 2. The van der Waals surface area contributed by atoms with Gasteiger partial charge in [0.05, 0.1) is 0 Å². The molecule has 1 aromatic rings. The first-order valence-electron chi connectivity index (χ1n) is 4.78. The maximum absolute atomic E-state index is 6.02. The molecule has 1 N–H and O–H groups in total. The molecule has 1 rings (SSSR count). The van der Waals surface area contributed by atoms with E-state index in [0.717, 1.165) is 25.1 Å². The van der Waals surface area contributed by atoms with Gasteiger partial charge in [0.15, 0.2) is 0 Å². The van der Waals surface area contributed by atoms with Crippen LogP contribution in [0.25, 0.3) is 0 Å². The highest BCUT2D eigenvalue weighted by Crippen LogP contribution is 2.20. The van der Waals surface area contributed by atoms with E-state index in [0.29, 0.717) is 10.0 Å². The smallest absolute Gasteiger partial charge is 0.0465 e. The van der Waals surface area contributed by atoms with Crippen molar-refractivity contribution in [3.8, 4) is 11.8 Å². The van der Waals surface area contributed by atoms with Gasteiger partial charge in [-0.15, -0.1) is 11.8 Å². The molecule has 80 valence electrons. The fourth-order valence-electron chi connectivity index (χ4n) is 1.16. The predicted molar refractivity (Wildman–Crippen MR) is 66.2 cm³/mol. The van der Waals surface area contributed by atoms with Crippen molar-refractivity contribution in [1.29, 1.82) is 0 Å². The molecule has 0 amide bonds. The molecule has 0 aliphatic heterocycles. The van der Waals surface area contributed by atoms with E-state index in [-0.39, 0.29) is 0 Å². The molecule has 3 heteroatoms. The first-order valence-corrected chi connectivity index (χ1v) is 5.54. The van der Waals surface area contributed by atoms with Crippen LogP contribution < -0.4 is 5.32 Å². The van der Waals surface area contributed by atoms with Crippen molar-refractivity contribution in [3.05, 3.63) is 33.8 Å². The summed E-state index contributed by atoms with van der Waals surface area (Å²) in [6, 6.07) is 5.53. The maximum Gasteiger partial charge on any atom is 0.0465 e. The fraction of sp³-hybridized carbons (Fsp3) is 0.333. The molecule has 0 aromatic heterocycles. The van der Waals surface area contributed by atoms with Gasteiger partial charge in [-0.2, -0.15) is 0 Å². The van der Waals surface area contributed by atoms with Gasteiger partial charge < -0.3 is 5.32 Å². The Labute approximate surface area is 101 Å². The van der Waals surface area contributed by atoms with Gasteiger partial charge in [0.1, 0.15) is 0 Å². The molecular formula is C12H13Cl2N. The van der Waals surface area contributed by atoms with Gasteiger partial charge in [-0.1, -0.05) is 29.3 Å². The Hall–Kier alpha value is -0.680. The summed E-state index contributed by atoms with van der Waals surface area (Å²) >= 11 is 11.8. The third kappa shape index (κ3) is 4.57. The van der Waals surface area contributed by atoms with Crippen molar-refractivity contribution in [3.63, 3.8) is 0 Å². The lowest BCUT2D eigenvalue weighted by molar-refractivity contribution is 0.701. The predicted octanol–water partition coefficient (Wildman–Crippen LogP) is 3.50. The lowest BCUT2D eigenvalue weighted by Gasteiger charge is -2.05. The van der Waals surface area contributed by atoms with E-state index >= 15 is 0 Å². The summed E-state index contributed by atoms with van der Waals surface area (Å²) in [5.41, 5.74) is 1.06. The molecule has 1 aromatic carbocycles. The zero-order chi connectivity index (χ0) is 11.1. The van der Waals surface area contributed by atoms with Gasteiger partial charge in [-0.05, 0) is 24.6 Å². The summed E-state index contributed by atoms with van der Waals surface area (Å²) in [4.78, 5) is 0. The van der Waals surface area contributed by atoms with Crippen molar-refractivity contribution < 1.29 is 0 Å². The second-order valence-electron chi connectivity index (χ2n) is 3.09. The Morgan fingerprint density at radius 1 is 1.33 bits per heavy atom. The fourth-order valence-corrected chi connectivity index (χ4v) is 1.64. The van der Waals surface area contributed by atoms with E-state index in [1.165, 1.54) is 0 Å². The van der Waals surface area contributed by atoms with Gasteiger partial charge in [-0.3, -0.25) is 0 Å². The Bertz CT molecular complexity index is 377. The molecule has 0 saturated carbocycles. The second kappa shape index (κ2) is 6.74. The van der Waals surface area contributed by atoms with E-state index in [1.807, 2.05) is 19.1 Å². The quantitative estimate of drug-likeness (QED) is 0.629. The SMILES string of the molecule is CC#CCCNCc1ccc(Cl)cc1Cl. The van der Waals surface area contributed by atoms with Gasteiger partial charge >= 0.3 is 0 Å². The largest absolute Gasteiger partial charge is 0.312 e. The summed E-state index contributed by atoms with van der Waals surface area (Å²) in [5.74, 6) is 5.84. The lowest BCUT2D eigenvalue weighted by Crippen LogP contribution is -2.14. The molecule has 0 fully saturated rings. The number of benzene rings is 1. The highest BCUT2D eigenvalue weighted by Gasteiger charge is 1.99. The zero-order valence-corrected chi connectivity index (χ0v) is 10.1. The van der Waals surface area contributed by atoms with Crippen LogP contribution in [-0.4, -0.2) is 6.54 Å². The van der Waals surface area contributed by atoms with E-state index in [2.05, 4.69) is 17.2 Å². The average molecular weight is 242 g/mol. The van der Waals surface area contributed by atoms with Gasteiger partial charge in [0, 0.05) is 29.6 Å². The summed E-state index contributed by atoms with van der Waals surface area (Å²) in [6.45, 7) is 3.47. The molecule has 0 radical (unpaired) electrons. The third-order valence-electron chi connectivity index (χ3n) is 1.93. The standard InChI is InChI=1S/C12H13Cl2N/c1-2-3-4-7-15-9-10-5-6-11(13)8-12(10)14/h5-6,8,15H,4,7,9H2,1H3. The minimum Gasteiger partial charge on any atom is -0.312 e. The third-order valence-corrected chi connectivity index (χ3v) is 2.52. The Balaban J connectivity index is 2.39. The van der Waals surface area contributed by atoms with Crippen LogP contribution in [0.1, 0.15) is 18.9 Å². The molecule has 0 saturated heterocycles. The molecule has 0 aliphatic carbocycles. The van der Waals surface area contributed by atoms with Crippen LogP contribution >= 0.6 is 23.2 Å². The second-order valence-corrected chi connectivity index (χ2v) is 3.93. The van der Waals surface area contributed by atoms with E-state index in [4.69, 9.17) is 23.2 Å². The van der Waals surface area contributed by atoms with Crippen LogP contribution in [0.2, 0.25) is 10.0 Å². The normalized spacial score (nSPS) is 9.53. The first-order chi connectivity index (χ1) is 7.24. The van der Waals surface area contributed by atoms with Crippen molar-refractivity contribution in [2.24, 2.45) is 0 Å². The molecule has 0 unspecified atom stereocenters. The molecule has 0 atom stereocenters. The van der Waals surface area contributed by atoms with Gasteiger partial charge in [-0.25, -0.2) is 0 Å². The molecular weight excluding hydrogens is 229 g/mol. The van der Waals surface area contributed by atoms with Gasteiger partial charge in [0.25, 0.3) is 0 Å². The van der Waals surface area contributed by atoms with Crippen LogP contribution in [0.5, 0.6) is 0 Å². The lowest BCUT2D eigenvalue weighted by atomic mass is 10.2. The monoisotopic (exact) mass is 241 g/mol. The molecule has 15 heavy (non-hydrogen) atoms. The maximum atomic E-state index is 6.02. The summed E-state index contributed by atoms with van der Waals surface area (Å²) in [6.07, 6.45) is 0.863. The minimum absolute atomic E-state index is 0.667. The number of nitrogens with one attached hydrogen (secondary N) is 1. The molecule has 0 bridgehead atoms. The number of hydrogen-bond acceptors (Lipinski definition) is 1. The van der Waals surface area contributed by atoms with Crippen LogP contribution in [-0.2, 0) is 6.54 Å². The van der Waals surface area contributed by atoms with Gasteiger partial charge in [0.2, 0.25) is 0 Å². The van der Waals surface area contributed by atoms with Crippen molar-refractivity contribution in [2.45, 2.75) is 19.9 Å². The van der Waals surface area contributed by atoms with Crippen LogP contribution in [0.15, 0.2) is 18.2 Å². The highest BCUT2D eigenvalue weighted by atomic mass is 35.5. The van der Waals surface area contributed by atoms with Crippen LogP contribution in [0.3, 0.4) is 0 Å². The first kappa shape index (κ1) is 12.4. The van der Waals surface area contributed by atoms with Crippen molar-refractivity contribution in [2.75, 3.05) is 6.54 Å². The Morgan fingerprint density at radius 3 is 2.80 bits per heavy atom. The van der Waals surface area contributed by atoms with Crippen molar-refractivity contribution in [1.82, 2.24) is 5.32 Å². The van der Waals surface area contributed by atoms with Crippen molar-refractivity contribution >= 4 is 23.2 Å². The van der Waals surface area contributed by atoms with Crippen LogP contribution in [0.4, 0.5) is 0 Å². The van der Waals surface area contributed by atoms with Crippen LogP contribution in [0, 0.1) is 11.8 Å². The van der Waals surface area contributed by atoms with E-state index in [9.17, 15) is 0 Å². The molecule has 0 aliphatic rings. The number of hydrogen-bond donors (Lipinski definition) is 1. The highest BCUT2D eigenvalue weighted by molar-refractivity contribution is 6.35. The molecule has 0 heterocycles. The summed E-state index contributed by atoms with van der Waals surface area (Å²) in [7, 11) is 0. The van der Waals surface area contributed by atoms with E-state index < -0.39 is 0 Å². The average Bonchev–Trinajstić information content (AvgIpc) is 2.20.